The zero-order valence-corrected chi connectivity index (χ0v) is 12.4. The van der Waals surface area contributed by atoms with Gasteiger partial charge in [-0.25, -0.2) is 8.42 Å². The summed E-state index contributed by atoms with van der Waals surface area (Å²) in [6.07, 6.45) is 0.181. The number of halogens is 1. The largest absolute Gasteiger partial charge is 0.380 e. The third kappa shape index (κ3) is 3.92. The molecule has 0 fully saturated rings. The number of aromatic amines is 1. The predicted octanol–water partition coefficient (Wildman–Crippen LogP) is 0.664. The lowest BCUT2D eigenvalue weighted by Gasteiger charge is -2.10. The van der Waals surface area contributed by atoms with Crippen molar-refractivity contribution in [3.63, 3.8) is 0 Å². The number of aromatic nitrogens is 2. The molecule has 0 saturated carbocycles. The molecule has 1 rings (SSSR count). The van der Waals surface area contributed by atoms with E-state index in [2.05, 4.69) is 15.5 Å². The number of rotatable bonds is 6. The summed E-state index contributed by atoms with van der Waals surface area (Å²) >= 11 is 0. The van der Waals surface area contributed by atoms with Gasteiger partial charge in [-0.3, -0.25) is 9.89 Å². The van der Waals surface area contributed by atoms with Gasteiger partial charge in [0.2, 0.25) is 0 Å². The van der Waals surface area contributed by atoms with Gasteiger partial charge in [0.15, 0.2) is 5.69 Å². The maximum atomic E-state index is 11.9. The number of aryl methyl sites for hydroxylation is 1. The Morgan fingerprint density at radius 1 is 1.58 bits per heavy atom. The third-order valence-corrected chi connectivity index (χ3v) is 3.95. The first-order valence-corrected chi connectivity index (χ1v) is 7.95. The molecule has 108 valence electrons. The summed E-state index contributed by atoms with van der Waals surface area (Å²) in [6, 6.07) is 0. The van der Waals surface area contributed by atoms with Crippen LogP contribution in [0.2, 0.25) is 0 Å². The van der Waals surface area contributed by atoms with Gasteiger partial charge in [-0.1, -0.05) is 6.92 Å². The van der Waals surface area contributed by atoms with E-state index in [0.29, 0.717) is 12.1 Å². The molecule has 1 aromatic rings. The van der Waals surface area contributed by atoms with Crippen LogP contribution in [0.1, 0.15) is 30.0 Å². The number of nitrogens with one attached hydrogen (secondary N) is 2. The molecule has 2 N–H and O–H groups in total. The van der Waals surface area contributed by atoms with Crippen LogP contribution in [-0.2, 0) is 20.2 Å². The van der Waals surface area contributed by atoms with Gasteiger partial charge < -0.3 is 10.1 Å². The summed E-state index contributed by atoms with van der Waals surface area (Å²) in [5.41, 5.74) is 0.0788. The van der Waals surface area contributed by atoms with Gasteiger partial charge in [0.1, 0.15) is 4.90 Å². The Bertz CT molecular complexity index is 555. The van der Waals surface area contributed by atoms with Gasteiger partial charge in [0, 0.05) is 24.3 Å². The molecule has 0 aliphatic rings. The topological polar surface area (TPSA) is 101 Å². The van der Waals surface area contributed by atoms with Crippen molar-refractivity contribution in [1.29, 1.82) is 0 Å². The van der Waals surface area contributed by atoms with Gasteiger partial charge in [-0.2, -0.15) is 5.10 Å². The highest BCUT2D eigenvalue weighted by atomic mass is 35.7. The Balaban J connectivity index is 3.01. The van der Waals surface area contributed by atoms with Crippen molar-refractivity contribution < 1.29 is 17.9 Å². The fraction of sp³-hybridized carbons (Fsp3) is 0.600. The lowest BCUT2D eigenvalue weighted by atomic mass is 10.3. The minimum absolute atomic E-state index is 0.190. The number of carbonyl (C=O) groups is 1. The Kier molecular flexibility index (Phi) is 5.33. The molecule has 1 heterocycles. The van der Waals surface area contributed by atoms with Crippen molar-refractivity contribution in [3.8, 4) is 0 Å². The van der Waals surface area contributed by atoms with E-state index in [1.165, 1.54) is 7.11 Å². The Morgan fingerprint density at radius 3 is 2.68 bits per heavy atom. The number of amides is 1. The molecule has 0 saturated heterocycles. The van der Waals surface area contributed by atoms with Gasteiger partial charge in [0.05, 0.1) is 11.8 Å². The minimum Gasteiger partial charge on any atom is -0.380 e. The number of hydrogen-bond acceptors (Lipinski definition) is 5. The van der Waals surface area contributed by atoms with Crippen LogP contribution in [0.4, 0.5) is 0 Å². The van der Waals surface area contributed by atoms with Crippen LogP contribution in [0.25, 0.3) is 0 Å². The number of methoxy groups -OCH3 is 1. The Morgan fingerprint density at radius 2 is 2.21 bits per heavy atom. The first kappa shape index (κ1) is 15.9. The molecule has 0 aliphatic carbocycles. The van der Waals surface area contributed by atoms with Crippen molar-refractivity contribution in [3.05, 3.63) is 11.4 Å². The second-order valence-corrected chi connectivity index (χ2v) is 6.43. The summed E-state index contributed by atoms with van der Waals surface area (Å²) in [5.74, 6) is -0.612. The smallest absolute Gasteiger partial charge is 0.273 e. The number of carbonyl (C=O) groups excluding carboxylic acids is 1. The van der Waals surface area contributed by atoms with E-state index < -0.39 is 15.0 Å². The van der Waals surface area contributed by atoms with Crippen molar-refractivity contribution in [2.45, 2.75) is 31.3 Å². The molecule has 0 aliphatic heterocycles. The van der Waals surface area contributed by atoms with E-state index in [-0.39, 0.29) is 23.2 Å². The fourth-order valence-corrected chi connectivity index (χ4v) is 2.78. The molecule has 7 nitrogen and oxygen atoms in total. The number of H-pyrrole nitrogens is 1. The van der Waals surface area contributed by atoms with Crippen molar-refractivity contribution in [2.75, 3.05) is 13.7 Å². The van der Waals surface area contributed by atoms with E-state index in [9.17, 15) is 13.2 Å². The highest BCUT2D eigenvalue weighted by Crippen LogP contribution is 2.22. The summed E-state index contributed by atoms with van der Waals surface area (Å²) in [6.45, 7) is 3.74. The van der Waals surface area contributed by atoms with Gasteiger partial charge in [0.25, 0.3) is 15.0 Å². The van der Waals surface area contributed by atoms with E-state index in [1.807, 2.05) is 0 Å². The second kappa shape index (κ2) is 6.36. The highest BCUT2D eigenvalue weighted by Gasteiger charge is 2.27. The van der Waals surface area contributed by atoms with Crippen LogP contribution < -0.4 is 5.32 Å². The first-order valence-electron chi connectivity index (χ1n) is 5.64. The Labute approximate surface area is 116 Å². The fourth-order valence-electron chi connectivity index (χ4n) is 1.43. The molecule has 1 unspecified atom stereocenters. The third-order valence-electron chi connectivity index (χ3n) is 2.56. The summed E-state index contributed by atoms with van der Waals surface area (Å²) < 4.78 is 28.0. The standard InChI is InChI=1S/C10H16ClN3O4S/c1-4-7-9(19(11,16)17)8(14-13-7)10(15)12-5-6(2)18-3/h6H,4-5H2,1-3H3,(H,12,15)(H,13,14). The molecule has 1 atom stereocenters. The summed E-state index contributed by atoms with van der Waals surface area (Å²) in [4.78, 5) is 11.6. The molecule has 9 heteroatoms. The molecule has 0 aromatic carbocycles. The average Bonchev–Trinajstić information content (AvgIpc) is 2.79. The van der Waals surface area contributed by atoms with Crippen molar-refractivity contribution >= 4 is 25.6 Å². The van der Waals surface area contributed by atoms with E-state index in [0.717, 1.165) is 0 Å². The van der Waals surface area contributed by atoms with E-state index in [4.69, 9.17) is 15.4 Å². The first-order chi connectivity index (χ1) is 8.81. The average molecular weight is 310 g/mol. The van der Waals surface area contributed by atoms with Gasteiger partial charge in [-0.15, -0.1) is 0 Å². The molecule has 0 radical (unpaired) electrons. The lowest BCUT2D eigenvalue weighted by molar-refractivity contribution is 0.0863. The van der Waals surface area contributed by atoms with Crippen molar-refractivity contribution in [1.82, 2.24) is 15.5 Å². The quantitative estimate of drug-likeness (QED) is 0.752. The van der Waals surface area contributed by atoms with Crippen molar-refractivity contribution in [2.24, 2.45) is 0 Å². The Hall–Kier alpha value is -1.12. The monoisotopic (exact) mass is 309 g/mol. The van der Waals surface area contributed by atoms with Crippen LogP contribution in [0.3, 0.4) is 0 Å². The minimum atomic E-state index is -4.04. The zero-order chi connectivity index (χ0) is 14.6. The number of hydrogen-bond donors (Lipinski definition) is 2. The highest BCUT2D eigenvalue weighted by molar-refractivity contribution is 8.13. The maximum absolute atomic E-state index is 11.9. The van der Waals surface area contributed by atoms with Crippen LogP contribution in [-0.4, -0.2) is 44.3 Å². The summed E-state index contributed by atoms with van der Waals surface area (Å²) in [7, 11) is 2.80. The van der Waals surface area contributed by atoms with E-state index >= 15 is 0 Å². The van der Waals surface area contributed by atoms with Crippen LogP contribution in [0.5, 0.6) is 0 Å². The molecule has 1 amide bonds. The normalized spacial score (nSPS) is 13.3. The molecule has 1 aromatic heterocycles. The second-order valence-electron chi connectivity index (χ2n) is 3.93. The number of ether oxygens (including phenoxy) is 1. The zero-order valence-electron chi connectivity index (χ0n) is 10.9. The SMILES string of the molecule is CCc1[nH]nc(C(=O)NCC(C)OC)c1S(=O)(=O)Cl. The number of nitrogens with zero attached hydrogens (tertiary/aromatic N) is 1. The molecular formula is C10H16ClN3O4S. The van der Waals surface area contributed by atoms with Gasteiger partial charge >= 0.3 is 0 Å². The molecule has 0 bridgehead atoms. The maximum Gasteiger partial charge on any atom is 0.273 e. The summed E-state index contributed by atoms with van der Waals surface area (Å²) in [5, 5.41) is 8.75. The molecule has 19 heavy (non-hydrogen) atoms. The lowest BCUT2D eigenvalue weighted by Crippen LogP contribution is -2.32. The van der Waals surface area contributed by atoms with Crippen LogP contribution in [0, 0.1) is 0 Å². The van der Waals surface area contributed by atoms with Gasteiger partial charge in [-0.05, 0) is 13.3 Å². The molecule has 0 spiro atoms. The van der Waals surface area contributed by atoms with Crippen LogP contribution in [0.15, 0.2) is 4.90 Å². The predicted molar refractivity (Wildman–Crippen MR) is 69.8 cm³/mol. The van der Waals surface area contributed by atoms with E-state index in [1.54, 1.807) is 13.8 Å². The van der Waals surface area contributed by atoms with Crippen LogP contribution >= 0.6 is 10.7 Å². The molecular weight excluding hydrogens is 294 g/mol.